The van der Waals surface area contributed by atoms with Crippen molar-refractivity contribution in [3.63, 3.8) is 0 Å². The van der Waals surface area contributed by atoms with Gasteiger partial charge in [0.15, 0.2) is 0 Å². The summed E-state index contributed by atoms with van der Waals surface area (Å²) in [6.07, 6.45) is 18.4. The van der Waals surface area contributed by atoms with E-state index in [4.69, 9.17) is 14.5 Å². The topological polar surface area (TPSA) is 99.1 Å². The van der Waals surface area contributed by atoms with Crippen LogP contribution in [0.3, 0.4) is 0 Å². The molecular weight excluding hydrogens is 499 g/mol. The molecule has 0 radical (unpaired) electrons. The molecule has 0 aromatic carbocycles. The fraction of sp³-hybridized carbons (Fsp3) is 0.963. The van der Waals surface area contributed by atoms with Crippen LogP contribution < -0.4 is 0 Å². The number of hydrogen-bond acceptors (Lipinski definition) is 6. The van der Waals surface area contributed by atoms with Crippen molar-refractivity contribution in [2.75, 3.05) is 12.4 Å². The van der Waals surface area contributed by atoms with Gasteiger partial charge in [0.05, 0.1) is 11.9 Å². The Morgan fingerprint density at radius 3 is 1.81 bits per heavy atom. The van der Waals surface area contributed by atoms with E-state index in [1.807, 2.05) is 6.92 Å². The molecule has 5 unspecified atom stereocenters. The minimum Gasteiger partial charge on any atom is -0.474 e. The molecule has 0 saturated heterocycles. The Bertz CT molecular complexity index is 578. The average Bonchev–Trinajstić information content (AvgIpc) is 2.87. The van der Waals surface area contributed by atoms with Crippen LogP contribution in [0.5, 0.6) is 0 Å². The van der Waals surface area contributed by atoms with Crippen molar-refractivity contribution in [1.82, 2.24) is 0 Å². The highest BCUT2D eigenvalue weighted by molar-refractivity contribution is 7.85. The highest BCUT2D eigenvalue weighted by Crippen LogP contribution is 2.29. The third-order valence-corrected chi connectivity index (χ3v) is 9.09. The van der Waals surface area contributed by atoms with Crippen molar-refractivity contribution in [3.05, 3.63) is 0 Å². The summed E-state index contributed by atoms with van der Waals surface area (Å²) in [4.78, 5) is 22.2. The Hall–Kier alpha value is -0.400. The zero-order valence-corrected chi connectivity index (χ0v) is 25.2. The maximum Gasteiger partial charge on any atom is 0.497 e. The van der Waals surface area contributed by atoms with Crippen LogP contribution in [0.4, 0.5) is 0 Å². The van der Waals surface area contributed by atoms with Gasteiger partial charge < -0.3 is 5.11 Å². The molecule has 0 aromatic heterocycles. The molecule has 9 heteroatoms. The van der Waals surface area contributed by atoms with E-state index in [-0.39, 0.29) is 11.9 Å². The number of ether oxygens (including phenoxy) is 1. The van der Waals surface area contributed by atoms with Crippen molar-refractivity contribution in [2.24, 2.45) is 0 Å². The highest BCUT2D eigenvalue weighted by Gasteiger charge is 2.54. The second kappa shape index (κ2) is 23.7. The van der Waals surface area contributed by atoms with Gasteiger partial charge in [-0.1, -0.05) is 115 Å². The Morgan fingerprint density at radius 2 is 1.33 bits per heavy atom. The molecular formula is C27H54O7PS+. The smallest absolute Gasteiger partial charge is 0.474 e. The molecule has 0 aliphatic heterocycles. The first-order valence-corrected chi connectivity index (χ1v) is 16.7. The first-order chi connectivity index (χ1) is 17.4. The predicted octanol–water partition coefficient (Wildman–Crippen LogP) is 7.91. The summed E-state index contributed by atoms with van der Waals surface area (Å²) < 4.78 is 30.1. The van der Waals surface area contributed by atoms with E-state index in [2.05, 4.69) is 13.8 Å². The summed E-state index contributed by atoms with van der Waals surface area (Å²) in [5.41, 5.74) is -2.35. The standard InChI is InChI=1S/C27H53O7PS/c1-5-8-10-12-13-14-15-16-18-20-23-36(31)25(21-19-17-11-9-6-2)24(4)33-34-27(35-30,26(28)29)32-22-7-3/h24-25H,5-23H2,1-4H3,(H,28,29)/p+1. The fourth-order valence-corrected chi connectivity index (χ4v) is 6.10. The summed E-state index contributed by atoms with van der Waals surface area (Å²) in [7, 11) is -2.52. The lowest BCUT2D eigenvalue weighted by Gasteiger charge is -2.25. The van der Waals surface area contributed by atoms with E-state index in [1.165, 1.54) is 57.8 Å². The Labute approximate surface area is 224 Å². The summed E-state index contributed by atoms with van der Waals surface area (Å²) >= 11 is 0. The van der Waals surface area contributed by atoms with Crippen molar-refractivity contribution in [2.45, 2.75) is 154 Å². The van der Waals surface area contributed by atoms with Crippen molar-refractivity contribution in [3.8, 4) is 0 Å². The molecule has 1 N–H and O–H groups in total. The minimum atomic E-state index is -2.35. The monoisotopic (exact) mass is 553 g/mol. The van der Waals surface area contributed by atoms with Gasteiger partial charge in [-0.3, -0.25) is 8.95 Å². The highest BCUT2D eigenvalue weighted by atomic mass is 32.2. The van der Waals surface area contributed by atoms with Gasteiger partial charge in [0, 0.05) is 16.6 Å². The molecule has 0 heterocycles. The molecule has 0 rings (SSSR count). The van der Waals surface area contributed by atoms with Crippen molar-refractivity contribution >= 4 is 25.2 Å². The molecule has 36 heavy (non-hydrogen) atoms. The normalized spacial score (nSPS) is 16.0. The SMILES string of the molecule is CCCCCCCCCCCCS(=O)C(CCCCCCC)C(C)OOC(OCCC)([PH+]=O)C(=O)O. The fourth-order valence-electron chi connectivity index (χ4n) is 4.08. The summed E-state index contributed by atoms with van der Waals surface area (Å²) in [6, 6.07) is 0. The van der Waals surface area contributed by atoms with Crippen LogP contribution in [-0.2, 0) is 34.7 Å². The van der Waals surface area contributed by atoms with Gasteiger partial charge in [0.2, 0.25) is 0 Å². The predicted molar refractivity (Wildman–Crippen MR) is 149 cm³/mol. The first-order valence-electron chi connectivity index (χ1n) is 14.4. The van der Waals surface area contributed by atoms with Crippen LogP contribution in [0.1, 0.15) is 137 Å². The first kappa shape index (κ1) is 35.6. The van der Waals surface area contributed by atoms with E-state index < -0.39 is 36.9 Å². The van der Waals surface area contributed by atoms with E-state index in [0.717, 1.165) is 38.5 Å². The lowest BCUT2D eigenvalue weighted by atomic mass is 10.1. The number of carbonyl (C=O) groups is 1. The molecule has 0 aliphatic rings. The minimum absolute atomic E-state index is 0.0742. The average molecular weight is 554 g/mol. The van der Waals surface area contributed by atoms with Crippen LogP contribution in [0.2, 0.25) is 0 Å². The summed E-state index contributed by atoms with van der Waals surface area (Å²) in [5, 5.41) is 9.23. The second-order valence-electron chi connectivity index (χ2n) is 9.77. The summed E-state index contributed by atoms with van der Waals surface area (Å²) in [5.74, 6) is -0.900. The van der Waals surface area contributed by atoms with Crippen LogP contribution in [0, 0.1) is 0 Å². The Kier molecular flexibility index (Phi) is 23.4. The van der Waals surface area contributed by atoms with Crippen LogP contribution in [-0.4, -0.2) is 44.5 Å². The third-order valence-electron chi connectivity index (χ3n) is 6.40. The molecule has 0 spiro atoms. The maximum atomic E-state index is 13.2. The number of rotatable bonds is 27. The quantitative estimate of drug-likeness (QED) is 0.0363. The number of carboxylic acid groups (broad SMARTS) is 1. The number of carboxylic acids is 1. The zero-order valence-electron chi connectivity index (χ0n) is 23.4. The Balaban J connectivity index is 4.73. The molecule has 0 saturated carbocycles. The van der Waals surface area contributed by atoms with E-state index in [9.17, 15) is 18.7 Å². The van der Waals surface area contributed by atoms with Gasteiger partial charge in [-0.2, -0.15) is 0 Å². The van der Waals surface area contributed by atoms with Gasteiger partial charge in [-0.05, 0) is 26.2 Å². The van der Waals surface area contributed by atoms with Crippen LogP contribution in [0.15, 0.2) is 0 Å². The molecule has 0 aliphatic carbocycles. The van der Waals surface area contributed by atoms with Gasteiger partial charge in [-0.15, -0.1) is 4.89 Å². The van der Waals surface area contributed by atoms with Gasteiger partial charge in [-0.25, -0.2) is 9.68 Å². The van der Waals surface area contributed by atoms with E-state index in [0.29, 0.717) is 18.6 Å². The number of unbranched alkanes of at least 4 members (excludes halogenated alkanes) is 13. The molecule has 7 nitrogen and oxygen atoms in total. The number of aliphatic carboxylic acids is 1. The lowest BCUT2D eigenvalue weighted by molar-refractivity contribution is -0.402. The van der Waals surface area contributed by atoms with E-state index in [1.54, 1.807) is 6.92 Å². The van der Waals surface area contributed by atoms with Crippen molar-refractivity contribution in [1.29, 1.82) is 0 Å². The zero-order chi connectivity index (χ0) is 27.1. The molecule has 5 atom stereocenters. The molecule has 0 fully saturated rings. The maximum absolute atomic E-state index is 13.2. The Morgan fingerprint density at radius 1 is 0.833 bits per heavy atom. The largest absolute Gasteiger partial charge is 0.497 e. The molecule has 0 aromatic rings. The molecule has 0 bridgehead atoms. The van der Waals surface area contributed by atoms with Crippen LogP contribution in [0.25, 0.3) is 0 Å². The van der Waals surface area contributed by atoms with Crippen molar-refractivity contribution < 1.29 is 33.2 Å². The van der Waals surface area contributed by atoms with E-state index >= 15 is 0 Å². The second-order valence-corrected chi connectivity index (χ2v) is 12.4. The van der Waals surface area contributed by atoms with Gasteiger partial charge in [0.1, 0.15) is 6.10 Å². The molecule has 0 amide bonds. The van der Waals surface area contributed by atoms with Gasteiger partial charge >= 0.3 is 20.0 Å². The van der Waals surface area contributed by atoms with Crippen LogP contribution >= 0.6 is 8.46 Å². The third kappa shape index (κ3) is 16.4. The van der Waals surface area contributed by atoms with Gasteiger partial charge in [0.25, 0.3) is 0 Å². The summed E-state index contributed by atoms with van der Waals surface area (Å²) in [6.45, 7) is 8.04. The molecule has 214 valence electrons. The lowest BCUT2D eigenvalue weighted by Crippen LogP contribution is -2.42. The number of hydrogen-bond donors (Lipinski definition) is 1.